The van der Waals surface area contributed by atoms with E-state index in [0.717, 1.165) is 11.3 Å². The number of aromatic nitrogens is 2. The van der Waals surface area contributed by atoms with Crippen molar-refractivity contribution in [3.05, 3.63) is 69.8 Å². The zero-order valence-corrected chi connectivity index (χ0v) is 16.2. The Morgan fingerprint density at radius 1 is 1.13 bits per heavy atom. The van der Waals surface area contributed by atoms with Crippen LogP contribution in [0.5, 0.6) is 0 Å². The Morgan fingerprint density at radius 3 is 2.43 bits per heavy atom. The van der Waals surface area contributed by atoms with E-state index in [1.807, 2.05) is 4.90 Å². The SMILES string of the molecule is Cc1c(C(F)(F)F)nc2c(-c3ccc(C(O)N4CCOCC4)cc3)cccn2c1=O. The van der Waals surface area contributed by atoms with Crippen molar-refractivity contribution in [1.82, 2.24) is 14.3 Å². The maximum atomic E-state index is 13.4. The van der Waals surface area contributed by atoms with E-state index in [2.05, 4.69) is 4.98 Å². The van der Waals surface area contributed by atoms with Crippen LogP contribution in [-0.2, 0) is 10.9 Å². The molecule has 1 atom stereocenters. The lowest BCUT2D eigenvalue weighted by Crippen LogP contribution is -2.38. The fourth-order valence-electron chi connectivity index (χ4n) is 3.62. The Hall–Kier alpha value is -2.75. The van der Waals surface area contributed by atoms with Crippen LogP contribution < -0.4 is 5.56 Å². The highest BCUT2D eigenvalue weighted by Gasteiger charge is 2.36. The Balaban J connectivity index is 1.76. The number of benzene rings is 1. The molecule has 30 heavy (non-hydrogen) atoms. The van der Waals surface area contributed by atoms with Crippen LogP contribution in [0.15, 0.2) is 47.4 Å². The van der Waals surface area contributed by atoms with Gasteiger partial charge in [-0.2, -0.15) is 13.2 Å². The third kappa shape index (κ3) is 3.71. The highest BCUT2D eigenvalue weighted by molar-refractivity contribution is 5.77. The molecule has 0 radical (unpaired) electrons. The van der Waals surface area contributed by atoms with Crippen molar-refractivity contribution < 1.29 is 23.0 Å². The summed E-state index contributed by atoms with van der Waals surface area (Å²) in [5.41, 5.74) is -0.795. The maximum absolute atomic E-state index is 13.4. The van der Waals surface area contributed by atoms with Crippen LogP contribution >= 0.6 is 0 Å². The maximum Gasteiger partial charge on any atom is 0.433 e. The highest BCUT2D eigenvalue weighted by atomic mass is 19.4. The third-order valence-corrected chi connectivity index (χ3v) is 5.26. The van der Waals surface area contributed by atoms with E-state index in [9.17, 15) is 23.1 Å². The predicted molar refractivity (Wildman–Crippen MR) is 104 cm³/mol. The molecule has 0 amide bonds. The zero-order chi connectivity index (χ0) is 21.5. The molecule has 4 rings (SSSR count). The number of ether oxygens (including phenoxy) is 1. The molecule has 158 valence electrons. The second kappa shape index (κ2) is 7.82. The predicted octanol–water partition coefficient (Wildman–Crippen LogP) is 3.01. The summed E-state index contributed by atoms with van der Waals surface area (Å²) >= 11 is 0. The fraction of sp³-hybridized carbons (Fsp3) is 0.333. The largest absolute Gasteiger partial charge is 0.433 e. The van der Waals surface area contributed by atoms with Crippen molar-refractivity contribution in [2.75, 3.05) is 26.3 Å². The number of hydrogen-bond acceptors (Lipinski definition) is 5. The molecule has 0 spiro atoms. The molecule has 0 bridgehead atoms. The molecule has 0 saturated carbocycles. The van der Waals surface area contributed by atoms with Crippen molar-refractivity contribution in [2.24, 2.45) is 0 Å². The normalized spacial score (nSPS) is 16.7. The van der Waals surface area contributed by atoms with Gasteiger partial charge in [0.15, 0.2) is 5.69 Å². The standard InChI is InChI=1S/C21H20F3N3O3/c1-13-17(21(22,23)24)25-18-16(3-2-8-27(18)19(13)28)14-4-6-15(7-5-14)20(29)26-9-11-30-12-10-26/h2-8,20,29H,9-12H2,1H3. The molecule has 2 aromatic heterocycles. The minimum absolute atomic E-state index is 0.0677. The summed E-state index contributed by atoms with van der Waals surface area (Å²) in [5, 5.41) is 10.6. The van der Waals surface area contributed by atoms with E-state index < -0.39 is 29.2 Å². The Kier molecular flexibility index (Phi) is 5.35. The topological polar surface area (TPSA) is 67.1 Å². The van der Waals surface area contributed by atoms with Gasteiger partial charge in [-0.25, -0.2) is 4.98 Å². The average molecular weight is 419 g/mol. The molecule has 1 fully saturated rings. The highest BCUT2D eigenvalue weighted by Crippen LogP contribution is 2.31. The molecule has 6 nitrogen and oxygen atoms in total. The summed E-state index contributed by atoms with van der Waals surface area (Å²) in [7, 11) is 0. The molecule has 1 N–H and O–H groups in total. The van der Waals surface area contributed by atoms with Gasteiger partial charge in [-0.3, -0.25) is 14.1 Å². The quantitative estimate of drug-likeness (QED) is 0.707. The molecule has 1 aromatic carbocycles. The molecule has 9 heteroatoms. The van der Waals surface area contributed by atoms with Gasteiger partial charge >= 0.3 is 6.18 Å². The van der Waals surface area contributed by atoms with Crippen LogP contribution in [0.4, 0.5) is 13.2 Å². The first-order chi connectivity index (χ1) is 14.3. The van der Waals surface area contributed by atoms with E-state index in [-0.39, 0.29) is 5.65 Å². The zero-order valence-electron chi connectivity index (χ0n) is 16.2. The number of pyridine rings is 1. The second-order valence-corrected chi connectivity index (χ2v) is 7.15. The average Bonchev–Trinajstić information content (AvgIpc) is 2.75. The Morgan fingerprint density at radius 2 is 1.80 bits per heavy atom. The van der Waals surface area contributed by atoms with Crippen LogP contribution in [0.3, 0.4) is 0 Å². The van der Waals surface area contributed by atoms with Crippen LogP contribution in [0, 0.1) is 6.92 Å². The molecule has 1 aliphatic heterocycles. The van der Waals surface area contributed by atoms with Gasteiger partial charge in [0, 0.05) is 30.4 Å². The van der Waals surface area contributed by atoms with Crippen molar-refractivity contribution in [3.63, 3.8) is 0 Å². The number of aliphatic hydroxyl groups excluding tert-OH is 1. The molecule has 1 saturated heterocycles. The van der Waals surface area contributed by atoms with E-state index in [4.69, 9.17) is 4.74 Å². The molecule has 1 aliphatic rings. The van der Waals surface area contributed by atoms with Gasteiger partial charge in [0.1, 0.15) is 11.9 Å². The molecule has 3 heterocycles. The molecule has 0 aliphatic carbocycles. The van der Waals surface area contributed by atoms with Gasteiger partial charge in [0.05, 0.1) is 13.2 Å². The number of nitrogens with zero attached hydrogens (tertiary/aromatic N) is 3. The third-order valence-electron chi connectivity index (χ3n) is 5.26. The minimum atomic E-state index is -4.72. The van der Waals surface area contributed by atoms with Gasteiger partial charge in [-0.15, -0.1) is 0 Å². The van der Waals surface area contributed by atoms with Gasteiger partial charge in [0.2, 0.25) is 0 Å². The van der Waals surface area contributed by atoms with Gasteiger partial charge < -0.3 is 9.84 Å². The molecule has 1 unspecified atom stereocenters. The number of fused-ring (bicyclic) bond motifs is 1. The number of morpholine rings is 1. The number of aliphatic hydroxyl groups is 1. The number of halogens is 3. The molecular formula is C21H20F3N3O3. The number of rotatable bonds is 3. The van der Waals surface area contributed by atoms with E-state index >= 15 is 0 Å². The summed E-state index contributed by atoms with van der Waals surface area (Å²) in [5.74, 6) is 0. The molecular weight excluding hydrogens is 399 g/mol. The van der Waals surface area contributed by atoms with Crippen molar-refractivity contribution >= 4 is 5.65 Å². The smallest absolute Gasteiger partial charge is 0.379 e. The van der Waals surface area contributed by atoms with E-state index in [0.29, 0.717) is 43.0 Å². The minimum Gasteiger partial charge on any atom is -0.379 e. The van der Waals surface area contributed by atoms with Gasteiger partial charge in [-0.05, 0) is 30.2 Å². The lowest BCUT2D eigenvalue weighted by atomic mass is 10.0. The van der Waals surface area contributed by atoms with Gasteiger partial charge in [0.25, 0.3) is 5.56 Å². The summed E-state index contributed by atoms with van der Waals surface area (Å²) in [6.07, 6.45) is -4.12. The molecule has 3 aromatic rings. The lowest BCUT2D eigenvalue weighted by molar-refractivity contribution is -0.141. The second-order valence-electron chi connectivity index (χ2n) is 7.15. The van der Waals surface area contributed by atoms with Crippen LogP contribution in [0.1, 0.15) is 23.0 Å². The lowest BCUT2D eigenvalue weighted by Gasteiger charge is -2.31. The van der Waals surface area contributed by atoms with Crippen molar-refractivity contribution in [3.8, 4) is 11.1 Å². The summed E-state index contributed by atoms with van der Waals surface area (Å²) in [6, 6.07) is 10.0. The van der Waals surface area contributed by atoms with Crippen LogP contribution in [0.2, 0.25) is 0 Å². The summed E-state index contributed by atoms with van der Waals surface area (Å²) in [4.78, 5) is 18.1. The summed E-state index contributed by atoms with van der Waals surface area (Å²) < 4.78 is 46.5. The first kappa shape index (κ1) is 20.5. The monoisotopic (exact) mass is 419 g/mol. The van der Waals surface area contributed by atoms with E-state index in [1.54, 1.807) is 36.4 Å². The van der Waals surface area contributed by atoms with Crippen LogP contribution in [-0.4, -0.2) is 45.7 Å². The van der Waals surface area contributed by atoms with Crippen molar-refractivity contribution in [2.45, 2.75) is 19.3 Å². The van der Waals surface area contributed by atoms with Gasteiger partial charge in [-0.1, -0.05) is 24.3 Å². The fourth-order valence-corrected chi connectivity index (χ4v) is 3.62. The number of alkyl halides is 3. The Labute approximate surface area is 170 Å². The van der Waals surface area contributed by atoms with Crippen molar-refractivity contribution in [1.29, 1.82) is 0 Å². The first-order valence-electron chi connectivity index (χ1n) is 9.47. The Bertz CT molecular complexity index is 1120. The first-order valence-corrected chi connectivity index (χ1v) is 9.47. The van der Waals surface area contributed by atoms with Crippen LogP contribution in [0.25, 0.3) is 16.8 Å². The number of hydrogen-bond donors (Lipinski definition) is 1. The summed E-state index contributed by atoms with van der Waals surface area (Å²) in [6.45, 7) is 3.44. The van der Waals surface area contributed by atoms with E-state index in [1.165, 1.54) is 6.20 Å².